The molecule has 0 aromatic carbocycles. The molecular weight excluding hydrogens is 334 g/mol. The van der Waals surface area contributed by atoms with E-state index in [0.717, 1.165) is 3.57 Å². The Balaban J connectivity index is 2.14. The van der Waals surface area contributed by atoms with Crippen molar-refractivity contribution in [2.75, 3.05) is 11.9 Å². The zero-order valence-electron chi connectivity index (χ0n) is 8.39. The first-order chi connectivity index (χ1) is 7.47. The molecule has 90 valence electrons. The molecule has 1 aromatic rings. The summed E-state index contributed by atoms with van der Waals surface area (Å²) in [5, 5.41) is 2.87. The van der Waals surface area contributed by atoms with E-state index < -0.39 is 12.6 Å². The van der Waals surface area contributed by atoms with Crippen LogP contribution >= 0.6 is 22.6 Å². The Morgan fingerprint density at radius 3 is 2.38 bits per heavy atom. The van der Waals surface area contributed by atoms with Crippen molar-refractivity contribution >= 4 is 28.5 Å². The minimum atomic E-state index is -4.06. The first kappa shape index (κ1) is 13.5. The summed E-state index contributed by atoms with van der Waals surface area (Å²) < 4.78 is 36.3. The summed E-state index contributed by atoms with van der Waals surface area (Å²) in [7, 11) is 0. The van der Waals surface area contributed by atoms with Crippen molar-refractivity contribution in [1.29, 1.82) is 0 Å². The molecule has 0 saturated carbocycles. The van der Waals surface area contributed by atoms with Crippen LogP contribution in [0.5, 0.6) is 0 Å². The second-order valence-corrected chi connectivity index (χ2v) is 4.47. The Morgan fingerprint density at radius 2 is 1.81 bits per heavy atom. The lowest BCUT2D eigenvalue weighted by Gasteiger charge is -2.06. The molecular formula is C9H11F3IN3. The molecule has 0 spiro atoms. The Kier molecular flexibility index (Phi) is 5.23. The molecule has 0 aliphatic rings. The number of hydrogen-bond donors (Lipinski definition) is 1. The van der Waals surface area contributed by atoms with Gasteiger partial charge in [0.2, 0.25) is 5.95 Å². The summed E-state index contributed by atoms with van der Waals surface area (Å²) in [6, 6.07) is 0. The van der Waals surface area contributed by atoms with Crippen LogP contribution in [-0.2, 0) is 0 Å². The van der Waals surface area contributed by atoms with E-state index in [1.54, 1.807) is 12.4 Å². The predicted molar refractivity (Wildman–Crippen MR) is 63.1 cm³/mol. The molecule has 7 heteroatoms. The van der Waals surface area contributed by atoms with Crippen molar-refractivity contribution in [1.82, 2.24) is 9.97 Å². The average Bonchev–Trinajstić information content (AvgIpc) is 2.19. The predicted octanol–water partition coefficient (Wildman–Crippen LogP) is 3.23. The number of aromatic nitrogens is 2. The highest BCUT2D eigenvalue weighted by atomic mass is 127. The van der Waals surface area contributed by atoms with Gasteiger partial charge in [-0.3, -0.25) is 0 Å². The number of unbranched alkanes of at least 4 members (excludes halogenated alkanes) is 1. The van der Waals surface area contributed by atoms with E-state index in [4.69, 9.17) is 0 Å². The molecule has 1 heterocycles. The fourth-order valence-corrected chi connectivity index (χ4v) is 1.33. The minimum Gasteiger partial charge on any atom is -0.354 e. The third kappa shape index (κ3) is 6.09. The van der Waals surface area contributed by atoms with Gasteiger partial charge in [0, 0.05) is 28.9 Å². The molecule has 0 fully saturated rings. The van der Waals surface area contributed by atoms with Crippen molar-refractivity contribution in [3.05, 3.63) is 16.0 Å². The normalized spacial score (nSPS) is 11.5. The van der Waals surface area contributed by atoms with Gasteiger partial charge in [-0.15, -0.1) is 0 Å². The van der Waals surface area contributed by atoms with Gasteiger partial charge in [0.05, 0.1) is 0 Å². The third-order valence-electron chi connectivity index (χ3n) is 1.79. The summed E-state index contributed by atoms with van der Waals surface area (Å²) >= 11 is 2.08. The number of rotatable bonds is 5. The molecule has 0 bridgehead atoms. The zero-order valence-corrected chi connectivity index (χ0v) is 10.5. The van der Waals surface area contributed by atoms with E-state index in [9.17, 15) is 13.2 Å². The number of nitrogens with zero attached hydrogens (tertiary/aromatic N) is 2. The van der Waals surface area contributed by atoms with Gasteiger partial charge < -0.3 is 5.32 Å². The van der Waals surface area contributed by atoms with Gasteiger partial charge in [-0.1, -0.05) is 0 Å². The summed E-state index contributed by atoms with van der Waals surface area (Å²) in [6.45, 7) is 0.455. The zero-order chi connectivity index (χ0) is 12.0. The van der Waals surface area contributed by atoms with Gasteiger partial charge in [0.1, 0.15) is 0 Å². The number of nitrogens with one attached hydrogen (secondary N) is 1. The lowest BCUT2D eigenvalue weighted by molar-refractivity contribution is -0.135. The Morgan fingerprint density at radius 1 is 1.19 bits per heavy atom. The van der Waals surface area contributed by atoms with Gasteiger partial charge in [0.25, 0.3) is 0 Å². The van der Waals surface area contributed by atoms with E-state index in [2.05, 4.69) is 37.9 Å². The topological polar surface area (TPSA) is 37.8 Å². The van der Waals surface area contributed by atoms with Crippen LogP contribution in [0, 0.1) is 3.57 Å². The van der Waals surface area contributed by atoms with E-state index in [1.807, 2.05) is 0 Å². The molecule has 3 nitrogen and oxygen atoms in total. The summed E-state index contributed by atoms with van der Waals surface area (Å²) in [6.07, 6.45) is -0.922. The van der Waals surface area contributed by atoms with Crippen LogP contribution < -0.4 is 5.32 Å². The van der Waals surface area contributed by atoms with Gasteiger partial charge in [-0.05, 0) is 35.4 Å². The molecule has 0 amide bonds. The summed E-state index contributed by atoms with van der Waals surface area (Å²) in [4.78, 5) is 7.95. The fraction of sp³-hybridized carbons (Fsp3) is 0.556. The molecule has 0 unspecified atom stereocenters. The molecule has 0 aliphatic carbocycles. The standard InChI is InChI=1S/C9H11F3IN3/c10-9(11,12)3-1-2-4-14-8-15-5-7(13)6-16-8/h5-6H,1-4H2,(H,14,15,16). The first-order valence-corrected chi connectivity index (χ1v) is 5.83. The fourth-order valence-electron chi connectivity index (χ4n) is 1.05. The second-order valence-electron chi connectivity index (χ2n) is 3.22. The van der Waals surface area contributed by atoms with Crippen LogP contribution in [0.2, 0.25) is 0 Å². The van der Waals surface area contributed by atoms with Crippen LogP contribution in [0.4, 0.5) is 19.1 Å². The number of alkyl halides is 3. The molecule has 1 rings (SSSR count). The monoisotopic (exact) mass is 345 g/mol. The van der Waals surface area contributed by atoms with Crippen LogP contribution in [0.3, 0.4) is 0 Å². The van der Waals surface area contributed by atoms with Crippen LogP contribution in [-0.4, -0.2) is 22.7 Å². The molecule has 0 aliphatic heterocycles. The van der Waals surface area contributed by atoms with Crippen molar-refractivity contribution in [2.24, 2.45) is 0 Å². The van der Waals surface area contributed by atoms with Crippen LogP contribution in [0.1, 0.15) is 19.3 Å². The maximum absolute atomic E-state index is 11.8. The smallest absolute Gasteiger partial charge is 0.354 e. The summed E-state index contributed by atoms with van der Waals surface area (Å²) in [5.74, 6) is 0.451. The van der Waals surface area contributed by atoms with Crippen molar-refractivity contribution in [3.63, 3.8) is 0 Å². The quantitative estimate of drug-likeness (QED) is 0.658. The Hall–Kier alpha value is -0.600. The maximum Gasteiger partial charge on any atom is 0.389 e. The minimum absolute atomic E-state index is 0.126. The van der Waals surface area contributed by atoms with E-state index in [0.29, 0.717) is 18.9 Å². The molecule has 0 radical (unpaired) electrons. The van der Waals surface area contributed by atoms with Gasteiger partial charge in [0.15, 0.2) is 0 Å². The van der Waals surface area contributed by atoms with Crippen molar-refractivity contribution < 1.29 is 13.2 Å². The highest BCUT2D eigenvalue weighted by molar-refractivity contribution is 14.1. The SMILES string of the molecule is FC(F)(F)CCCCNc1ncc(I)cn1. The van der Waals surface area contributed by atoms with E-state index in [1.165, 1.54) is 0 Å². The Labute approximate surface area is 105 Å². The highest BCUT2D eigenvalue weighted by Crippen LogP contribution is 2.21. The molecule has 1 aromatic heterocycles. The third-order valence-corrected chi connectivity index (χ3v) is 2.35. The van der Waals surface area contributed by atoms with Crippen LogP contribution in [0.25, 0.3) is 0 Å². The average molecular weight is 345 g/mol. The lowest BCUT2D eigenvalue weighted by atomic mass is 10.2. The largest absolute Gasteiger partial charge is 0.389 e. The molecule has 0 atom stereocenters. The first-order valence-electron chi connectivity index (χ1n) is 4.75. The van der Waals surface area contributed by atoms with E-state index >= 15 is 0 Å². The molecule has 16 heavy (non-hydrogen) atoms. The number of halogens is 4. The Bertz CT molecular complexity index is 313. The van der Waals surface area contributed by atoms with Gasteiger partial charge in [-0.25, -0.2) is 9.97 Å². The van der Waals surface area contributed by atoms with Crippen molar-refractivity contribution in [2.45, 2.75) is 25.4 Å². The van der Waals surface area contributed by atoms with Gasteiger partial charge in [-0.2, -0.15) is 13.2 Å². The second kappa shape index (κ2) is 6.21. The summed E-state index contributed by atoms with van der Waals surface area (Å²) in [5.41, 5.74) is 0. The maximum atomic E-state index is 11.8. The van der Waals surface area contributed by atoms with Crippen molar-refractivity contribution in [3.8, 4) is 0 Å². The molecule has 1 N–H and O–H groups in total. The van der Waals surface area contributed by atoms with Crippen LogP contribution in [0.15, 0.2) is 12.4 Å². The lowest BCUT2D eigenvalue weighted by Crippen LogP contribution is -2.09. The van der Waals surface area contributed by atoms with E-state index in [-0.39, 0.29) is 6.42 Å². The highest BCUT2D eigenvalue weighted by Gasteiger charge is 2.25. The molecule has 0 saturated heterocycles. The number of anilines is 1. The van der Waals surface area contributed by atoms with Gasteiger partial charge >= 0.3 is 6.18 Å². The number of hydrogen-bond acceptors (Lipinski definition) is 3.